The molecule has 1 aromatic heterocycles. The van der Waals surface area contributed by atoms with Crippen LogP contribution in [0.25, 0.3) is 0 Å². The predicted molar refractivity (Wildman–Crippen MR) is 103 cm³/mol. The zero-order valence-corrected chi connectivity index (χ0v) is 17.1. The first kappa shape index (κ1) is 19.8. The number of rotatable bonds is 3. The molecule has 0 bridgehead atoms. The van der Waals surface area contributed by atoms with Crippen LogP contribution in [-0.4, -0.2) is 50.6 Å². The largest absolute Gasteiger partial charge is 0.344 e. The number of hydrogen-bond acceptors (Lipinski definition) is 4. The highest BCUT2D eigenvalue weighted by molar-refractivity contribution is 5.89. The van der Waals surface area contributed by atoms with Crippen molar-refractivity contribution in [3.63, 3.8) is 0 Å². The number of piperidine rings is 1. The zero-order chi connectivity index (χ0) is 19.6. The van der Waals surface area contributed by atoms with Gasteiger partial charge in [0, 0.05) is 37.4 Å². The molecule has 2 amide bonds. The van der Waals surface area contributed by atoms with E-state index in [1.165, 1.54) is 19.3 Å². The normalized spacial score (nSPS) is 21.9. The lowest BCUT2D eigenvalue weighted by Gasteiger charge is -2.34. The van der Waals surface area contributed by atoms with Gasteiger partial charge in [-0.25, -0.2) is 0 Å². The van der Waals surface area contributed by atoms with E-state index in [1.54, 1.807) is 6.92 Å². The van der Waals surface area contributed by atoms with Crippen LogP contribution in [0, 0.1) is 5.41 Å². The monoisotopic (exact) mass is 375 g/mol. The van der Waals surface area contributed by atoms with Crippen molar-refractivity contribution in [2.24, 2.45) is 5.41 Å². The summed E-state index contributed by atoms with van der Waals surface area (Å²) in [7, 11) is 0. The van der Waals surface area contributed by atoms with Gasteiger partial charge in [-0.2, -0.15) is 0 Å². The SMILES string of the molecule is CC(NC(=O)C(C)(C)C)C(=O)N1CCCC(c2nnc3n2CCCCC3)C1. The summed E-state index contributed by atoms with van der Waals surface area (Å²) in [5.41, 5.74) is -0.502. The molecule has 7 nitrogen and oxygen atoms in total. The molecule has 0 aromatic carbocycles. The topological polar surface area (TPSA) is 80.1 Å². The van der Waals surface area contributed by atoms with Crippen molar-refractivity contribution >= 4 is 11.8 Å². The second kappa shape index (κ2) is 7.98. The number of carbonyl (C=O) groups is 2. The van der Waals surface area contributed by atoms with Crippen molar-refractivity contribution in [3.8, 4) is 0 Å². The molecule has 2 atom stereocenters. The van der Waals surface area contributed by atoms with Crippen molar-refractivity contribution in [2.75, 3.05) is 13.1 Å². The van der Waals surface area contributed by atoms with E-state index in [-0.39, 0.29) is 17.7 Å². The number of nitrogens with zero attached hydrogens (tertiary/aromatic N) is 4. The van der Waals surface area contributed by atoms with Crippen molar-refractivity contribution in [1.82, 2.24) is 25.0 Å². The summed E-state index contributed by atoms with van der Waals surface area (Å²) in [6.07, 6.45) is 6.58. The molecule has 1 saturated heterocycles. The minimum Gasteiger partial charge on any atom is -0.344 e. The summed E-state index contributed by atoms with van der Waals surface area (Å²) in [6.45, 7) is 9.73. The highest BCUT2D eigenvalue weighted by Crippen LogP contribution is 2.28. The second-order valence-corrected chi connectivity index (χ2v) is 9.01. The molecule has 0 aliphatic carbocycles. The number of fused-ring (bicyclic) bond motifs is 1. The van der Waals surface area contributed by atoms with E-state index in [0.29, 0.717) is 6.54 Å². The number of likely N-dealkylation sites (tertiary alicyclic amines) is 1. The van der Waals surface area contributed by atoms with E-state index < -0.39 is 11.5 Å². The van der Waals surface area contributed by atoms with Crippen LogP contribution in [0.15, 0.2) is 0 Å². The number of nitrogens with one attached hydrogen (secondary N) is 1. The average Bonchev–Trinajstić information content (AvgIpc) is 2.88. The minimum absolute atomic E-state index is 0.00657. The third-order valence-corrected chi connectivity index (χ3v) is 5.64. The van der Waals surface area contributed by atoms with E-state index in [2.05, 4.69) is 20.1 Å². The lowest BCUT2D eigenvalue weighted by molar-refractivity contribution is -0.139. The Kier molecular flexibility index (Phi) is 5.86. The van der Waals surface area contributed by atoms with Gasteiger partial charge in [-0.15, -0.1) is 10.2 Å². The second-order valence-electron chi connectivity index (χ2n) is 9.01. The van der Waals surface area contributed by atoms with Gasteiger partial charge in [-0.05, 0) is 32.6 Å². The molecular formula is C20H33N5O2. The average molecular weight is 376 g/mol. The molecule has 0 saturated carbocycles. The first-order chi connectivity index (χ1) is 12.8. The Morgan fingerprint density at radius 3 is 2.63 bits per heavy atom. The Morgan fingerprint density at radius 2 is 1.89 bits per heavy atom. The first-order valence-electron chi connectivity index (χ1n) is 10.3. The number of carbonyl (C=O) groups excluding carboxylic acids is 2. The van der Waals surface area contributed by atoms with Gasteiger partial charge in [0.25, 0.3) is 0 Å². The molecule has 3 heterocycles. The summed E-state index contributed by atoms with van der Waals surface area (Å²) < 4.78 is 2.29. The number of hydrogen-bond donors (Lipinski definition) is 1. The molecule has 1 aromatic rings. The molecule has 3 rings (SSSR count). The molecular weight excluding hydrogens is 342 g/mol. The molecule has 27 heavy (non-hydrogen) atoms. The smallest absolute Gasteiger partial charge is 0.244 e. The summed E-state index contributed by atoms with van der Waals surface area (Å²) in [5, 5.41) is 11.8. The highest BCUT2D eigenvalue weighted by Gasteiger charge is 2.32. The quantitative estimate of drug-likeness (QED) is 0.879. The Morgan fingerprint density at radius 1 is 1.11 bits per heavy atom. The predicted octanol–water partition coefficient (Wildman–Crippen LogP) is 2.26. The van der Waals surface area contributed by atoms with Crippen molar-refractivity contribution in [1.29, 1.82) is 0 Å². The van der Waals surface area contributed by atoms with Crippen LogP contribution in [0.3, 0.4) is 0 Å². The number of amides is 2. The molecule has 2 aliphatic heterocycles. The van der Waals surface area contributed by atoms with Gasteiger partial charge in [0.2, 0.25) is 11.8 Å². The van der Waals surface area contributed by atoms with E-state index in [0.717, 1.165) is 44.0 Å². The molecule has 1 fully saturated rings. The maximum atomic E-state index is 12.9. The Bertz CT molecular complexity index is 691. The van der Waals surface area contributed by atoms with E-state index in [9.17, 15) is 9.59 Å². The molecule has 150 valence electrons. The van der Waals surface area contributed by atoms with E-state index in [1.807, 2.05) is 25.7 Å². The summed E-state index contributed by atoms with van der Waals surface area (Å²) in [6, 6.07) is -0.508. The molecule has 0 spiro atoms. The fourth-order valence-electron chi connectivity index (χ4n) is 3.95. The molecule has 2 aliphatic rings. The lowest BCUT2D eigenvalue weighted by atomic mass is 9.94. The Labute approximate surface area is 161 Å². The van der Waals surface area contributed by atoms with Gasteiger partial charge in [-0.3, -0.25) is 9.59 Å². The summed E-state index contributed by atoms with van der Waals surface area (Å²) in [4.78, 5) is 27.0. The van der Waals surface area contributed by atoms with E-state index >= 15 is 0 Å². The maximum Gasteiger partial charge on any atom is 0.244 e. The van der Waals surface area contributed by atoms with Gasteiger partial charge in [0.15, 0.2) is 0 Å². The van der Waals surface area contributed by atoms with Crippen molar-refractivity contribution < 1.29 is 9.59 Å². The third-order valence-electron chi connectivity index (χ3n) is 5.64. The molecule has 2 unspecified atom stereocenters. The lowest BCUT2D eigenvalue weighted by Crippen LogP contribution is -2.51. The van der Waals surface area contributed by atoms with Crippen LogP contribution >= 0.6 is 0 Å². The van der Waals surface area contributed by atoms with Crippen molar-refractivity contribution in [2.45, 2.75) is 84.7 Å². The Hall–Kier alpha value is -1.92. The van der Waals surface area contributed by atoms with E-state index in [4.69, 9.17) is 0 Å². The van der Waals surface area contributed by atoms with Gasteiger partial charge in [0.05, 0.1) is 0 Å². The number of aryl methyl sites for hydroxylation is 1. The van der Waals surface area contributed by atoms with Gasteiger partial charge in [0.1, 0.15) is 17.7 Å². The highest BCUT2D eigenvalue weighted by atomic mass is 16.2. The minimum atomic E-state index is -0.508. The van der Waals surface area contributed by atoms with Crippen LogP contribution in [-0.2, 0) is 22.6 Å². The zero-order valence-electron chi connectivity index (χ0n) is 17.1. The van der Waals surface area contributed by atoms with Gasteiger partial charge >= 0.3 is 0 Å². The molecule has 1 N–H and O–H groups in total. The first-order valence-corrected chi connectivity index (χ1v) is 10.3. The van der Waals surface area contributed by atoms with Crippen LogP contribution < -0.4 is 5.32 Å². The third kappa shape index (κ3) is 4.50. The van der Waals surface area contributed by atoms with Crippen LogP contribution in [0.1, 0.15) is 77.4 Å². The van der Waals surface area contributed by atoms with Crippen molar-refractivity contribution in [3.05, 3.63) is 11.6 Å². The maximum absolute atomic E-state index is 12.9. The van der Waals surface area contributed by atoms with Crippen LogP contribution in [0.5, 0.6) is 0 Å². The standard InChI is InChI=1S/C20H33N5O2/c1-14(21-19(27)20(2,3)4)18(26)24-11-8-9-15(13-24)17-23-22-16-10-6-5-7-12-25(16)17/h14-15H,5-13H2,1-4H3,(H,21,27). The fourth-order valence-corrected chi connectivity index (χ4v) is 3.95. The van der Waals surface area contributed by atoms with Crippen LogP contribution in [0.2, 0.25) is 0 Å². The van der Waals surface area contributed by atoms with Gasteiger partial charge < -0.3 is 14.8 Å². The molecule has 0 radical (unpaired) electrons. The van der Waals surface area contributed by atoms with Gasteiger partial charge in [-0.1, -0.05) is 27.2 Å². The summed E-state index contributed by atoms with van der Waals surface area (Å²) >= 11 is 0. The fraction of sp³-hybridized carbons (Fsp3) is 0.800. The molecule has 7 heteroatoms. The Balaban J connectivity index is 1.67. The summed E-state index contributed by atoms with van der Waals surface area (Å²) in [5.74, 6) is 2.26. The number of aromatic nitrogens is 3. The van der Waals surface area contributed by atoms with Crippen LogP contribution in [0.4, 0.5) is 0 Å².